The van der Waals surface area contributed by atoms with E-state index in [1.165, 1.54) is 0 Å². The van der Waals surface area contributed by atoms with Gasteiger partial charge in [0.25, 0.3) is 5.56 Å². The molecule has 1 aromatic heterocycles. The van der Waals surface area contributed by atoms with Crippen LogP contribution in [0, 0.1) is 6.92 Å². The topological polar surface area (TPSA) is 76.2 Å². The van der Waals surface area contributed by atoms with Crippen LogP contribution in [0.25, 0.3) is 22.0 Å². The van der Waals surface area contributed by atoms with E-state index in [2.05, 4.69) is 20.9 Å². The van der Waals surface area contributed by atoms with Crippen molar-refractivity contribution in [3.8, 4) is 11.1 Å². The van der Waals surface area contributed by atoms with E-state index >= 15 is 0 Å². The van der Waals surface area contributed by atoms with E-state index in [4.69, 9.17) is 4.74 Å². The number of rotatable bonds is 2. The molecule has 0 radical (unpaired) electrons. The molecule has 0 bridgehead atoms. The number of hydrogen-bond acceptors (Lipinski definition) is 4. The van der Waals surface area contributed by atoms with Crippen LogP contribution in [0.2, 0.25) is 0 Å². The van der Waals surface area contributed by atoms with Gasteiger partial charge in [0.05, 0.1) is 12.1 Å². The van der Waals surface area contributed by atoms with Crippen LogP contribution in [-0.2, 0) is 4.74 Å². The van der Waals surface area contributed by atoms with Crippen molar-refractivity contribution in [3.63, 3.8) is 0 Å². The lowest BCUT2D eigenvalue weighted by Crippen LogP contribution is -2.25. The summed E-state index contributed by atoms with van der Waals surface area (Å²) in [5.74, 6) is -0.842. The summed E-state index contributed by atoms with van der Waals surface area (Å²) in [7, 11) is 0. The van der Waals surface area contributed by atoms with Gasteiger partial charge in [-0.3, -0.25) is 9.59 Å². The van der Waals surface area contributed by atoms with Crippen molar-refractivity contribution < 1.29 is 14.3 Å². The van der Waals surface area contributed by atoms with E-state index in [0.717, 1.165) is 5.56 Å². The Kier molecular flexibility index (Phi) is 3.80. The highest BCUT2D eigenvalue weighted by molar-refractivity contribution is 9.10. The number of benzene rings is 2. The van der Waals surface area contributed by atoms with Gasteiger partial charge in [-0.1, -0.05) is 24.3 Å². The molecule has 0 amide bonds. The van der Waals surface area contributed by atoms with Crippen LogP contribution < -0.4 is 5.56 Å². The second-order valence-corrected chi connectivity index (χ2v) is 6.95. The van der Waals surface area contributed by atoms with Gasteiger partial charge in [0.1, 0.15) is 5.56 Å². The summed E-state index contributed by atoms with van der Waals surface area (Å²) < 4.78 is 5.74. The molecule has 4 rings (SSSR count). The summed E-state index contributed by atoms with van der Waals surface area (Å²) in [6.45, 7) is 3.68. The highest BCUT2D eigenvalue weighted by Crippen LogP contribution is 2.43. The quantitative estimate of drug-likeness (QED) is 0.506. The summed E-state index contributed by atoms with van der Waals surface area (Å²) in [5.41, 5.74) is 2.70. The number of aryl methyl sites for hydroxylation is 1. The number of ether oxygens (including phenoxy) is 1. The predicted molar refractivity (Wildman–Crippen MR) is 102 cm³/mol. The molecule has 130 valence electrons. The molecule has 5 nitrogen and oxygen atoms in total. The van der Waals surface area contributed by atoms with Crippen LogP contribution in [0.3, 0.4) is 0 Å². The first-order chi connectivity index (χ1) is 12.5. The molecule has 0 unspecified atom stereocenters. The molecule has 0 atom stereocenters. The zero-order chi connectivity index (χ0) is 18.6. The average Bonchev–Trinajstić information content (AvgIpc) is 2.61. The average molecular weight is 412 g/mol. The zero-order valence-corrected chi connectivity index (χ0v) is 15.7. The number of aromatic nitrogens is 1. The highest BCUT2D eigenvalue weighted by atomic mass is 79.9. The molecule has 0 aliphatic heterocycles. The molecule has 1 aliphatic rings. The second-order valence-electron chi connectivity index (χ2n) is 6.10. The molecule has 1 N–H and O–H groups in total. The maximum Gasteiger partial charge on any atom is 0.344 e. The summed E-state index contributed by atoms with van der Waals surface area (Å²) in [5, 5.41) is 0.572. The minimum Gasteiger partial charge on any atom is -0.462 e. The number of fused-ring (bicyclic) bond motifs is 2. The molecular weight excluding hydrogens is 398 g/mol. The van der Waals surface area contributed by atoms with Crippen LogP contribution in [0.15, 0.2) is 39.6 Å². The van der Waals surface area contributed by atoms with Gasteiger partial charge in [-0.05, 0) is 47.0 Å². The van der Waals surface area contributed by atoms with Crippen molar-refractivity contribution in [2.24, 2.45) is 0 Å². The third kappa shape index (κ3) is 2.18. The normalized spacial score (nSPS) is 12.2. The second kappa shape index (κ2) is 5.92. The Morgan fingerprint density at radius 1 is 1.15 bits per heavy atom. The number of nitrogens with one attached hydrogen (secondary N) is 1. The largest absolute Gasteiger partial charge is 0.462 e. The lowest BCUT2D eigenvalue weighted by atomic mass is 9.81. The van der Waals surface area contributed by atoms with Crippen LogP contribution in [0.4, 0.5) is 0 Å². The van der Waals surface area contributed by atoms with Gasteiger partial charge >= 0.3 is 5.97 Å². The molecular formula is C20H14BrNO4. The number of ketones is 1. The molecule has 3 aromatic rings. The number of H-pyrrole nitrogens is 1. The Labute approximate surface area is 157 Å². The Morgan fingerprint density at radius 3 is 2.54 bits per heavy atom. The van der Waals surface area contributed by atoms with Crippen molar-refractivity contribution in [2.45, 2.75) is 13.8 Å². The van der Waals surface area contributed by atoms with Crippen molar-refractivity contribution in [3.05, 3.63) is 67.4 Å². The molecule has 1 aliphatic carbocycles. The third-order valence-corrected chi connectivity index (χ3v) is 5.22. The van der Waals surface area contributed by atoms with Crippen molar-refractivity contribution in [2.75, 3.05) is 6.61 Å². The van der Waals surface area contributed by atoms with E-state index in [1.54, 1.807) is 37.3 Å². The lowest BCUT2D eigenvalue weighted by Gasteiger charge is -2.23. The van der Waals surface area contributed by atoms with Crippen molar-refractivity contribution >= 4 is 38.6 Å². The fraction of sp³-hybridized carbons (Fsp3) is 0.150. The lowest BCUT2D eigenvalue weighted by molar-refractivity contribution is 0.0525. The summed E-state index contributed by atoms with van der Waals surface area (Å²) in [6.07, 6.45) is 0. The Morgan fingerprint density at radius 2 is 1.85 bits per heavy atom. The third-order valence-electron chi connectivity index (χ3n) is 4.59. The van der Waals surface area contributed by atoms with E-state index in [-0.39, 0.29) is 18.0 Å². The first kappa shape index (κ1) is 16.7. The zero-order valence-electron chi connectivity index (χ0n) is 14.1. The van der Waals surface area contributed by atoms with E-state index in [1.807, 2.05) is 6.92 Å². The first-order valence-electron chi connectivity index (χ1n) is 8.16. The van der Waals surface area contributed by atoms with Gasteiger partial charge in [0.2, 0.25) is 0 Å². The maximum absolute atomic E-state index is 13.1. The highest BCUT2D eigenvalue weighted by Gasteiger charge is 2.33. The van der Waals surface area contributed by atoms with Crippen LogP contribution in [-0.4, -0.2) is 23.3 Å². The van der Waals surface area contributed by atoms with Crippen LogP contribution >= 0.6 is 15.9 Å². The van der Waals surface area contributed by atoms with Gasteiger partial charge in [0.15, 0.2) is 5.78 Å². The summed E-state index contributed by atoms with van der Waals surface area (Å²) >= 11 is 3.47. The minimum atomic E-state index is -0.696. The molecule has 1 heterocycles. The number of aromatic amines is 1. The van der Waals surface area contributed by atoms with Gasteiger partial charge in [-0.2, -0.15) is 0 Å². The number of esters is 1. The van der Waals surface area contributed by atoms with Gasteiger partial charge in [-0.15, -0.1) is 0 Å². The Bertz CT molecular complexity index is 1180. The molecule has 0 fully saturated rings. The van der Waals surface area contributed by atoms with E-state index < -0.39 is 11.5 Å². The number of carbonyl (C=O) groups is 2. The van der Waals surface area contributed by atoms with Gasteiger partial charge in [-0.25, -0.2) is 4.79 Å². The predicted octanol–water partition coefficient (Wildman–Crippen LogP) is 3.99. The summed E-state index contributed by atoms with van der Waals surface area (Å²) in [4.78, 5) is 41.1. The number of hydrogen-bond donors (Lipinski definition) is 1. The first-order valence-corrected chi connectivity index (χ1v) is 8.95. The number of pyridine rings is 1. The smallest absolute Gasteiger partial charge is 0.344 e. The number of halogens is 1. The summed E-state index contributed by atoms with van der Waals surface area (Å²) in [6, 6.07) is 8.80. The standard InChI is InChI=1S/C20H14BrNO4/c1-3-26-20(25)16-13-10-6-4-5-7-11(10)18(23)14-12(21)8-9(2)17(15(13)14)22-19(16)24/h4-8H,3H2,1-2H3,(H,22,24). The van der Waals surface area contributed by atoms with Crippen LogP contribution in [0.5, 0.6) is 0 Å². The maximum atomic E-state index is 13.1. The van der Waals surface area contributed by atoms with Crippen LogP contribution in [0.1, 0.15) is 38.8 Å². The van der Waals surface area contributed by atoms with Crippen molar-refractivity contribution in [1.82, 2.24) is 4.98 Å². The molecule has 26 heavy (non-hydrogen) atoms. The van der Waals surface area contributed by atoms with E-state index in [0.29, 0.717) is 37.6 Å². The van der Waals surface area contributed by atoms with Gasteiger partial charge in [0, 0.05) is 26.5 Å². The van der Waals surface area contributed by atoms with E-state index in [9.17, 15) is 14.4 Å². The monoisotopic (exact) mass is 411 g/mol. The Balaban J connectivity index is 2.30. The Hall–Kier alpha value is -2.73. The molecule has 6 heteroatoms. The minimum absolute atomic E-state index is 0.0713. The number of carbonyl (C=O) groups excluding carboxylic acids is 2. The fourth-order valence-corrected chi connectivity index (χ4v) is 4.25. The SMILES string of the molecule is CCOC(=O)c1c2c3c(c(Br)cc(C)c3[nH]c1=O)C(=O)c1ccccc1-2. The molecule has 0 saturated heterocycles. The van der Waals surface area contributed by atoms with Gasteiger partial charge < -0.3 is 9.72 Å². The molecule has 0 saturated carbocycles. The molecule has 0 spiro atoms. The van der Waals surface area contributed by atoms with Crippen molar-refractivity contribution in [1.29, 1.82) is 0 Å². The molecule has 2 aromatic carbocycles. The fourth-order valence-electron chi connectivity index (χ4n) is 3.52.